The molecule has 0 aliphatic heterocycles. The molecule has 6 heteroatoms. The van der Waals surface area contributed by atoms with E-state index in [0.717, 1.165) is 100 Å². The van der Waals surface area contributed by atoms with E-state index >= 15 is 0 Å². The van der Waals surface area contributed by atoms with Crippen molar-refractivity contribution in [1.82, 2.24) is 29.1 Å². The summed E-state index contributed by atoms with van der Waals surface area (Å²) in [6.45, 7) is 0. The number of fused-ring (bicyclic) bond motifs is 16. The quantitative estimate of drug-likeness (QED) is 0.182. The van der Waals surface area contributed by atoms with Gasteiger partial charge >= 0.3 is 0 Å². The van der Waals surface area contributed by atoms with Gasteiger partial charge in [-0.15, -0.1) is 0 Å². The van der Waals surface area contributed by atoms with Crippen LogP contribution in [0.2, 0.25) is 0 Å². The van der Waals surface area contributed by atoms with Crippen molar-refractivity contribution in [3.8, 4) is 45.3 Å². The lowest BCUT2D eigenvalue weighted by molar-refractivity contribution is 1.11. The number of H-pyrrole nitrogens is 2. The van der Waals surface area contributed by atoms with E-state index in [1.807, 2.05) is 0 Å². The number of imidazole rings is 2. The van der Waals surface area contributed by atoms with Crippen LogP contribution in [0.1, 0.15) is 0 Å². The monoisotopic (exact) mass is 816 g/mol. The Morgan fingerprint density at radius 2 is 0.750 bits per heavy atom. The zero-order valence-electron chi connectivity index (χ0n) is 34.4. The van der Waals surface area contributed by atoms with Gasteiger partial charge in [-0.25, -0.2) is 9.97 Å². The Balaban J connectivity index is 1.00. The van der Waals surface area contributed by atoms with Crippen LogP contribution in [0.15, 0.2) is 206 Å². The lowest BCUT2D eigenvalue weighted by atomic mass is 9.98. The van der Waals surface area contributed by atoms with Gasteiger partial charge in [0.25, 0.3) is 0 Å². The first-order chi connectivity index (χ1) is 31.8. The smallest absolute Gasteiger partial charge is 0.145 e. The van der Waals surface area contributed by atoms with E-state index < -0.39 is 0 Å². The Morgan fingerprint density at radius 3 is 1.36 bits per heavy atom. The molecule has 0 atom stereocenters. The third kappa shape index (κ3) is 4.96. The zero-order chi connectivity index (χ0) is 41.9. The van der Waals surface area contributed by atoms with Gasteiger partial charge in [0.2, 0.25) is 0 Å². The van der Waals surface area contributed by atoms with Crippen molar-refractivity contribution in [3.63, 3.8) is 0 Å². The SMILES string of the molecule is c1ccc(-c2nc3c4[nH]c5ccc(-c6cccc(-c7nc8c9[nH]c%10ccccc%10c9c9ccccc9c8n7-c7ccccc7)c6)cc5c4c4ccccc4c3n2-c2ccccc2)cc1. The second-order valence-corrected chi connectivity index (χ2v) is 16.7. The van der Waals surface area contributed by atoms with E-state index in [-0.39, 0.29) is 0 Å². The maximum absolute atomic E-state index is 5.58. The Kier molecular flexibility index (Phi) is 7.30. The normalized spacial score (nSPS) is 12.1. The molecule has 298 valence electrons. The topological polar surface area (TPSA) is 67.2 Å². The Labute approximate surface area is 366 Å². The Hall–Kier alpha value is -8.74. The number of aromatic nitrogens is 6. The van der Waals surface area contributed by atoms with Gasteiger partial charge in [-0.3, -0.25) is 9.13 Å². The van der Waals surface area contributed by atoms with Crippen LogP contribution in [0.25, 0.3) is 133 Å². The standard InChI is InChI=1S/C58H36N6/c1-4-17-35(18-5-1)57-61-54-52-50(42-26-11-13-28-44(42)55(54)63(57)39-21-6-2-7-22-39)46-34-37(31-32-48(46)60-52)36-19-16-20-38(33-36)58-62-53-51-49(45-29-14-15-30-47(45)59-51)41-25-10-12-27-43(41)56(53)64(58)40-23-8-3-9-24-40/h1-34,59-60H. The number of benzene rings is 10. The van der Waals surface area contributed by atoms with Crippen LogP contribution in [0, 0.1) is 0 Å². The van der Waals surface area contributed by atoms with Crippen molar-refractivity contribution in [2.24, 2.45) is 0 Å². The number of hydrogen-bond donors (Lipinski definition) is 2. The van der Waals surface area contributed by atoms with Crippen molar-refractivity contribution in [2.75, 3.05) is 0 Å². The summed E-state index contributed by atoms with van der Waals surface area (Å²) in [5.41, 5.74) is 14.8. The first-order valence-electron chi connectivity index (χ1n) is 21.8. The van der Waals surface area contributed by atoms with Crippen LogP contribution in [-0.4, -0.2) is 29.1 Å². The second kappa shape index (κ2) is 13.4. The van der Waals surface area contributed by atoms with Gasteiger partial charge in [0.15, 0.2) is 0 Å². The second-order valence-electron chi connectivity index (χ2n) is 16.7. The Bertz CT molecular complexity index is 4170. The zero-order valence-corrected chi connectivity index (χ0v) is 34.4. The maximum atomic E-state index is 5.58. The number of para-hydroxylation sites is 3. The summed E-state index contributed by atoms with van der Waals surface area (Å²) in [7, 11) is 0. The predicted octanol–water partition coefficient (Wildman–Crippen LogP) is 14.9. The summed E-state index contributed by atoms with van der Waals surface area (Å²) in [5.74, 6) is 1.81. The number of nitrogens with zero attached hydrogens (tertiary/aromatic N) is 4. The highest BCUT2D eigenvalue weighted by molar-refractivity contribution is 6.32. The number of aromatic amines is 2. The van der Waals surface area contributed by atoms with Crippen molar-refractivity contribution >= 4 is 87.2 Å². The first-order valence-corrected chi connectivity index (χ1v) is 21.8. The minimum Gasteiger partial charge on any atom is -0.353 e. The third-order valence-corrected chi connectivity index (χ3v) is 13.2. The molecule has 0 fully saturated rings. The highest BCUT2D eigenvalue weighted by atomic mass is 15.1. The van der Waals surface area contributed by atoms with Crippen LogP contribution < -0.4 is 0 Å². The first kappa shape index (κ1) is 34.9. The van der Waals surface area contributed by atoms with E-state index in [0.29, 0.717) is 0 Å². The van der Waals surface area contributed by atoms with Gasteiger partial charge in [0, 0.05) is 65.9 Å². The molecular weight excluding hydrogens is 781 g/mol. The van der Waals surface area contributed by atoms with Crippen molar-refractivity contribution < 1.29 is 0 Å². The van der Waals surface area contributed by atoms with Gasteiger partial charge < -0.3 is 9.97 Å². The average molecular weight is 817 g/mol. The summed E-state index contributed by atoms with van der Waals surface area (Å²) < 4.78 is 4.67. The average Bonchev–Trinajstić information content (AvgIpc) is 4.16. The summed E-state index contributed by atoms with van der Waals surface area (Å²) in [4.78, 5) is 18.7. The van der Waals surface area contributed by atoms with Gasteiger partial charge in [0.05, 0.1) is 22.1 Å². The molecule has 10 aromatic carbocycles. The minimum absolute atomic E-state index is 0.893. The molecule has 0 aliphatic carbocycles. The number of nitrogens with one attached hydrogen (secondary N) is 2. The molecule has 64 heavy (non-hydrogen) atoms. The molecule has 0 saturated heterocycles. The fraction of sp³-hybridized carbons (Fsp3) is 0. The van der Waals surface area contributed by atoms with E-state index in [4.69, 9.17) is 9.97 Å². The van der Waals surface area contributed by atoms with E-state index in [2.05, 4.69) is 225 Å². The Morgan fingerprint density at radius 1 is 0.312 bits per heavy atom. The summed E-state index contributed by atoms with van der Waals surface area (Å²) in [6.07, 6.45) is 0. The van der Waals surface area contributed by atoms with Crippen LogP contribution in [0.3, 0.4) is 0 Å². The summed E-state index contributed by atoms with van der Waals surface area (Å²) in [5, 5.41) is 9.47. The molecule has 0 unspecified atom stereocenters. The molecule has 6 nitrogen and oxygen atoms in total. The highest BCUT2D eigenvalue weighted by Crippen LogP contribution is 2.45. The summed E-state index contributed by atoms with van der Waals surface area (Å²) >= 11 is 0. The lowest BCUT2D eigenvalue weighted by Crippen LogP contribution is -1.98. The molecule has 0 bridgehead atoms. The molecule has 0 saturated carbocycles. The largest absolute Gasteiger partial charge is 0.353 e. The molecule has 0 aliphatic rings. The highest BCUT2D eigenvalue weighted by Gasteiger charge is 2.25. The fourth-order valence-corrected chi connectivity index (χ4v) is 10.4. The van der Waals surface area contributed by atoms with Gasteiger partial charge in [-0.1, -0.05) is 158 Å². The molecule has 0 spiro atoms. The molecule has 2 N–H and O–H groups in total. The molecule has 0 amide bonds. The summed E-state index contributed by atoms with van der Waals surface area (Å²) in [6, 6.07) is 73.5. The number of rotatable bonds is 5. The van der Waals surface area contributed by atoms with Crippen LogP contribution >= 0.6 is 0 Å². The van der Waals surface area contributed by atoms with Gasteiger partial charge in [-0.05, 0) is 70.4 Å². The number of hydrogen-bond acceptors (Lipinski definition) is 2. The van der Waals surface area contributed by atoms with Crippen LogP contribution in [0.4, 0.5) is 0 Å². The predicted molar refractivity (Wildman–Crippen MR) is 266 cm³/mol. The van der Waals surface area contributed by atoms with E-state index in [1.165, 1.54) is 32.3 Å². The van der Waals surface area contributed by atoms with Crippen molar-refractivity contribution in [3.05, 3.63) is 206 Å². The molecular formula is C58H36N6. The lowest BCUT2D eigenvalue weighted by Gasteiger charge is -2.12. The maximum Gasteiger partial charge on any atom is 0.145 e. The molecule has 4 aromatic heterocycles. The van der Waals surface area contributed by atoms with E-state index in [1.54, 1.807) is 0 Å². The molecule has 14 rings (SSSR count). The minimum atomic E-state index is 0.893. The van der Waals surface area contributed by atoms with Crippen LogP contribution in [0.5, 0.6) is 0 Å². The third-order valence-electron chi connectivity index (χ3n) is 13.2. The van der Waals surface area contributed by atoms with E-state index in [9.17, 15) is 0 Å². The van der Waals surface area contributed by atoms with Gasteiger partial charge in [0.1, 0.15) is 22.7 Å². The molecule has 4 heterocycles. The molecule has 0 radical (unpaired) electrons. The van der Waals surface area contributed by atoms with Crippen molar-refractivity contribution in [2.45, 2.75) is 0 Å². The molecule has 14 aromatic rings. The van der Waals surface area contributed by atoms with Gasteiger partial charge in [-0.2, -0.15) is 0 Å². The fourth-order valence-electron chi connectivity index (χ4n) is 10.4. The van der Waals surface area contributed by atoms with Crippen molar-refractivity contribution in [1.29, 1.82) is 0 Å². The van der Waals surface area contributed by atoms with Crippen LogP contribution in [-0.2, 0) is 0 Å².